The molecule has 2 heterocycles. The number of hydrogen-bond donors (Lipinski definition) is 1. The zero-order valence-electron chi connectivity index (χ0n) is 27.0. The van der Waals surface area contributed by atoms with Crippen LogP contribution in [0.3, 0.4) is 0 Å². The van der Waals surface area contributed by atoms with Gasteiger partial charge in [-0.2, -0.15) is 5.10 Å². The van der Waals surface area contributed by atoms with Gasteiger partial charge in [-0.3, -0.25) is 19.3 Å². The molecule has 1 aliphatic rings. The largest absolute Gasteiger partial charge is 0.444 e. The van der Waals surface area contributed by atoms with Gasteiger partial charge < -0.3 is 19.9 Å². The lowest BCUT2D eigenvalue weighted by Gasteiger charge is -2.32. The molecule has 12 heteroatoms. The minimum atomic E-state index is -0.662. The van der Waals surface area contributed by atoms with Crippen LogP contribution in [0, 0.1) is 19.7 Å². The fourth-order valence-corrected chi connectivity index (χ4v) is 5.27. The van der Waals surface area contributed by atoms with E-state index in [1.165, 1.54) is 26.9 Å². The molecule has 0 unspecified atom stereocenters. The molecular weight excluding hydrogens is 565 g/mol. The second kappa shape index (κ2) is 13.2. The van der Waals surface area contributed by atoms with Crippen molar-refractivity contribution in [1.29, 1.82) is 0 Å². The van der Waals surface area contributed by atoms with Gasteiger partial charge >= 0.3 is 6.09 Å². The van der Waals surface area contributed by atoms with Crippen LogP contribution in [-0.4, -0.2) is 92.9 Å². The highest BCUT2D eigenvalue weighted by atomic mass is 19.1. The number of carbonyl (C=O) groups excluding carboxylic acids is 3. The van der Waals surface area contributed by atoms with Crippen LogP contribution in [0.4, 0.5) is 14.9 Å². The van der Waals surface area contributed by atoms with E-state index in [0.717, 1.165) is 39.0 Å². The molecule has 11 nitrogen and oxygen atoms in total. The van der Waals surface area contributed by atoms with Crippen LogP contribution in [0.25, 0.3) is 10.9 Å². The lowest BCUT2D eigenvalue weighted by atomic mass is 10.1. The topological polar surface area (TPSA) is 103 Å². The molecule has 1 aromatic heterocycles. The highest BCUT2D eigenvalue weighted by molar-refractivity contribution is 5.89. The third-order valence-electron chi connectivity index (χ3n) is 7.82. The zero-order chi connectivity index (χ0) is 32.3. The molecule has 0 atom stereocenters. The number of aryl methyl sites for hydroxylation is 3. The van der Waals surface area contributed by atoms with Crippen LogP contribution in [0.15, 0.2) is 30.3 Å². The second-order valence-electron chi connectivity index (χ2n) is 12.3. The number of hydrogen-bond acceptors (Lipinski definition) is 7. The van der Waals surface area contributed by atoms with E-state index in [0.29, 0.717) is 19.6 Å². The van der Waals surface area contributed by atoms with Crippen molar-refractivity contribution >= 4 is 34.5 Å². The Morgan fingerprint density at radius 3 is 2.39 bits per heavy atom. The molecule has 4 rings (SSSR count). The molecule has 1 aliphatic heterocycles. The first-order valence-corrected chi connectivity index (χ1v) is 14.9. The molecule has 3 aromatic rings. The summed E-state index contributed by atoms with van der Waals surface area (Å²) in [6.07, 6.45) is -0.480. The summed E-state index contributed by atoms with van der Waals surface area (Å²) in [7, 11) is 3.55. The summed E-state index contributed by atoms with van der Waals surface area (Å²) in [5, 5.41) is 12.0. The standard InChI is InChI=1S/C32H44FN7O4/c1-9-38(31(43)44-32(4,5)6)12-13-39(20-30(42)37(8)40-18-23-10-11-25(33)15-24(23)19-40)29(41)17-34-27-16-26-22(3)35-36(7)28(26)14-21(27)2/h10-11,14-16,34H,9,12-13,17-20H2,1-8H3. The number of ether oxygens (including phenoxy) is 1. The smallest absolute Gasteiger partial charge is 0.410 e. The Balaban J connectivity index is 1.48. The molecule has 238 valence electrons. The lowest BCUT2D eigenvalue weighted by Crippen LogP contribution is -2.50. The van der Waals surface area contributed by atoms with Crippen LogP contribution in [0.5, 0.6) is 0 Å². The molecule has 0 bridgehead atoms. The van der Waals surface area contributed by atoms with E-state index < -0.39 is 11.7 Å². The highest BCUT2D eigenvalue weighted by Gasteiger charge is 2.29. The summed E-state index contributed by atoms with van der Waals surface area (Å²) in [6, 6.07) is 8.64. The SMILES string of the molecule is CCN(CCN(CC(=O)N(C)N1Cc2ccc(F)cc2C1)C(=O)CNc1cc2c(C)nn(C)c2cc1C)C(=O)OC(C)(C)C. The summed E-state index contributed by atoms with van der Waals surface area (Å²) in [6.45, 7) is 12.5. The second-order valence-corrected chi connectivity index (χ2v) is 12.3. The van der Waals surface area contributed by atoms with Gasteiger partial charge in [0.05, 0.1) is 17.8 Å². The Morgan fingerprint density at radius 2 is 1.70 bits per heavy atom. The van der Waals surface area contributed by atoms with Crippen LogP contribution in [0.1, 0.15) is 50.1 Å². The molecular formula is C32H44FN7O4. The summed E-state index contributed by atoms with van der Waals surface area (Å²) >= 11 is 0. The monoisotopic (exact) mass is 609 g/mol. The fourth-order valence-electron chi connectivity index (χ4n) is 5.27. The molecule has 0 saturated heterocycles. The third kappa shape index (κ3) is 7.65. The highest BCUT2D eigenvalue weighted by Crippen LogP contribution is 2.26. The van der Waals surface area contributed by atoms with E-state index in [2.05, 4.69) is 10.4 Å². The predicted molar refractivity (Wildman–Crippen MR) is 167 cm³/mol. The van der Waals surface area contributed by atoms with E-state index in [9.17, 15) is 18.8 Å². The van der Waals surface area contributed by atoms with Crippen molar-refractivity contribution in [1.82, 2.24) is 29.6 Å². The van der Waals surface area contributed by atoms with Gasteiger partial charge in [0.2, 0.25) is 5.91 Å². The number of rotatable bonds is 10. The van der Waals surface area contributed by atoms with Gasteiger partial charge in [-0.1, -0.05) is 6.07 Å². The Morgan fingerprint density at radius 1 is 1.02 bits per heavy atom. The van der Waals surface area contributed by atoms with E-state index in [1.54, 1.807) is 33.9 Å². The number of hydrazine groups is 1. The average molecular weight is 610 g/mol. The van der Waals surface area contributed by atoms with E-state index in [4.69, 9.17) is 4.74 Å². The molecule has 0 aliphatic carbocycles. The Labute approximate surface area is 258 Å². The minimum Gasteiger partial charge on any atom is -0.444 e. The molecule has 0 radical (unpaired) electrons. The van der Waals surface area contributed by atoms with Crippen molar-refractivity contribution < 1.29 is 23.5 Å². The summed E-state index contributed by atoms with van der Waals surface area (Å²) in [5.74, 6) is -0.904. The van der Waals surface area contributed by atoms with Crippen LogP contribution >= 0.6 is 0 Å². The fraction of sp³-hybridized carbons (Fsp3) is 0.500. The van der Waals surface area contributed by atoms with Crippen molar-refractivity contribution in [3.63, 3.8) is 0 Å². The van der Waals surface area contributed by atoms with E-state index in [-0.39, 0.29) is 43.8 Å². The normalized spacial score (nSPS) is 13.1. The first-order valence-electron chi connectivity index (χ1n) is 14.9. The van der Waals surface area contributed by atoms with Crippen LogP contribution < -0.4 is 5.32 Å². The Hall–Kier alpha value is -4.19. The number of nitrogens with one attached hydrogen (secondary N) is 1. The Kier molecular flexibility index (Phi) is 9.82. The number of nitrogens with zero attached hydrogens (tertiary/aromatic N) is 6. The maximum absolute atomic E-state index is 13.8. The summed E-state index contributed by atoms with van der Waals surface area (Å²) in [5.41, 5.74) is 4.77. The van der Waals surface area contributed by atoms with E-state index in [1.807, 2.05) is 49.6 Å². The quantitative estimate of drug-likeness (QED) is 0.367. The Bertz CT molecular complexity index is 1550. The first-order chi connectivity index (χ1) is 20.7. The van der Waals surface area contributed by atoms with Crippen molar-refractivity contribution in [2.75, 3.05) is 45.1 Å². The van der Waals surface area contributed by atoms with Gasteiger partial charge in [0.15, 0.2) is 0 Å². The summed E-state index contributed by atoms with van der Waals surface area (Å²) < 4.78 is 21.1. The maximum atomic E-state index is 13.8. The average Bonchev–Trinajstić information content (AvgIpc) is 3.48. The number of amides is 3. The van der Waals surface area contributed by atoms with Crippen molar-refractivity contribution in [3.8, 4) is 0 Å². The van der Waals surface area contributed by atoms with Crippen molar-refractivity contribution in [2.45, 2.75) is 60.2 Å². The van der Waals surface area contributed by atoms with Crippen molar-refractivity contribution in [3.05, 3.63) is 58.5 Å². The number of halogens is 1. The van der Waals surface area contributed by atoms with Gasteiger partial charge in [-0.05, 0) is 82.5 Å². The first kappa shape index (κ1) is 32.7. The molecule has 2 aromatic carbocycles. The van der Waals surface area contributed by atoms with E-state index >= 15 is 0 Å². The lowest BCUT2D eigenvalue weighted by molar-refractivity contribution is -0.151. The predicted octanol–water partition coefficient (Wildman–Crippen LogP) is 4.22. The number of aromatic nitrogens is 2. The molecule has 44 heavy (non-hydrogen) atoms. The number of carbonyl (C=O) groups is 3. The molecule has 0 spiro atoms. The molecule has 1 N–H and O–H groups in total. The molecule has 0 saturated carbocycles. The van der Waals surface area contributed by atoms with Gasteiger partial charge in [0, 0.05) is 57.9 Å². The maximum Gasteiger partial charge on any atom is 0.410 e. The molecule has 3 amide bonds. The van der Waals surface area contributed by atoms with Gasteiger partial charge in [-0.15, -0.1) is 0 Å². The summed E-state index contributed by atoms with van der Waals surface area (Å²) in [4.78, 5) is 42.9. The van der Waals surface area contributed by atoms with Gasteiger partial charge in [0.1, 0.15) is 18.0 Å². The van der Waals surface area contributed by atoms with Gasteiger partial charge in [-0.25, -0.2) is 14.2 Å². The van der Waals surface area contributed by atoms with Crippen molar-refractivity contribution in [2.24, 2.45) is 7.05 Å². The zero-order valence-corrected chi connectivity index (χ0v) is 27.0. The number of anilines is 1. The van der Waals surface area contributed by atoms with Crippen LogP contribution in [-0.2, 0) is 34.5 Å². The molecule has 0 fully saturated rings. The number of likely N-dealkylation sites (N-methyl/N-ethyl adjacent to an activating group) is 2. The third-order valence-corrected chi connectivity index (χ3v) is 7.82. The van der Waals surface area contributed by atoms with Crippen LogP contribution in [0.2, 0.25) is 0 Å². The minimum absolute atomic E-state index is 0.0460. The number of benzene rings is 2. The van der Waals surface area contributed by atoms with Gasteiger partial charge in [0.25, 0.3) is 5.91 Å². The number of fused-ring (bicyclic) bond motifs is 2.